The van der Waals surface area contributed by atoms with Crippen LogP contribution in [0.25, 0.3) is 0 Å². The van der Waals surface area contributed by atoms with Crippen LogP contribution in [-0.2, 0) is 0 Å². The standard InChI is InChI=1S/C6H13Se/c1-3-4-5-6(2)7/h6H,3-5H2,1-2H3. The SMILES string of the molecule is CCCCC(C)[Se]. The molecule has 1 unspecified atom stereocenters. The van der Waals surface area contributed by atoms with Gasteiger partial charge < -0.3 is 0 Å². The molecule has 0 nitrogen and oxygen atoms in total. The van der Waals surface area contributed by atoms with Crippen molar-refractivity contribution in [3.8, 4) is 0 Å². The molecule has 0 rings (SSSR count). The Morgan fingerprint density at radius 3 is 2.29 bits per heavy atom. The number of unbranched alkanes of at least 4 members (excludes halogenated alkanes) is 1. The molecule has 43 valence electrons. The number of rotatable bonds is 3. The van der Waals surface area contributed by atoms with E-state index in [1.165, 1.54) is 19.3 Å². The fourth-order valence-corrected chi connectivity index (χ4v) is 0.841. The van der Waals surface area contributed by atoms with Gasteiger partial charge >= 0.3 is 53.9 Å². The molecule has 0 spiro atoms. The summed E-state index contributed by atoms with van der Waals surface area (Å²) in [4.78, 5) is 0.778. The van der Waals surface area contributed by atoms with Gasteiger partial charge in [-0.1, -0.05) is 0 Å². The second-order valence-corrected chi connectivity index (χ2v) is 3.64. The maximum atomic E-state index is 3.07. The van der Waals surface area contributed by atoms with Crippen LogP contribution in [0.15, 0.2) is 0 Å². The Balaban J connectivity index is 2.68. The molecule has 0 aromatic heterocycles. The molecule has 1 radical (unpaired) electrons. The van der Waals surface area contributed by atoms with E-state index in [4.69, 9.17) is 0 Å². The van der Waals surface area contributed by atoms with Crippen LogP contribution >= 0.6 is 0 Å². The topological polar surface area (TPSA) is 0 Å². The Bertz CT molecular complexity index is 33.2. The third kappa shape index (κ3) is 6.52. The summed E-state index contributed by atoms with van der Waals surface area (Å²) in [6, 6.07) is 0. The molecule has 0 heterocycles. The molecule has 0 aromatic rings. The molecule has 1 atom stereocenters. The average Bonchev–Trinajstić information content (AvgIpc) is 1.61. The van der Waals surface area contributed by atoms with Crippen LogP contribution in [0.2, 0.25) is 4.82 Å². The zero-order chi connectivity index (χ0) is 5.70. The van der Waals surface area contributed by atoms with Gasteiger partial charge in [0.1, 0.15) is 0 Å². The summed E-state index contributed by atoms with van der Waals surface area (Å²) < 4.78 is 0. The fourth-order valence-electron chi connectivity index (χ4n) is 0.492. The molecule has 0 aliphatic rings. The molecule has 0 aromatic carbocycles. The van der Waals surface area contributed by atoms with Gasteiger partial charge in [0.25, 0.3) is 0 Å². The Morgan fingerprint density at radius 1 is 1.57 bits per heavy atom. The summed E-state index contributed by atoms with van der Waals surface area (Å²) in [5, 5.41) is 0. The van der Waals surface area contributed by atoms with Crippen molar-refractivity contribution in [3.63, 3.8) is 0 Å². The second kappa shape index (κ2) is 4.67. The molecule has 0 saturated heterocycles. The van der Waals surface area contributed by atoms with E-state index in [0.29, 0.717) is 0 Å². The predicted octanol–water partition coefficient (Wildman–Crippen LogP) is 2.15. The summed E-state index contributed by atoms with van der Waals surface area (Å²) in [6.07, 6.45) is 4.04. The Labute approximate surface area is 54.5 Å². The van der Waals surface area contributed by atoms with E-state index < -0.39 is 0 Å². The summed E-state index contributed by atoms with van der Waals surface area (Å²) in [6.45, 7) is 4.44. The van der Waals surface area contributed by atoms with Crippen LogP contribution in [0.4, 0.5) is 0 Å². The molecule has 0 N–H and O–H groups in total. The summed E-state index contributed by atoms with van der Waals surface area (Å²) >= 11 is 3.07. The molecule has 7 heavy (non-hydrogen) atoms. The molecule has 1 heteroatoms. The third-order valence-electron chi connectivity index (χ3n) is 0.964. The number of hydrogen-bond donors (Lipinski definition) is 0. The molecule has 0 bridgehead atoms. The summed E-state index contributed by atoms with van der Waals surface area (Å²) in [5.74, 6) is 0. The van der Waals surface area contributed by atoms with E-state index in [1.54, 1.807) is 0 Å². The van der Waals surface area contributed by atoms with Crippen LogP contribution in [-0.4, -0.2) is 16.0 Å². The van der Waals surface area contributed by atoms with Gasteiger partial charge in [-0.25, -0.2) is 0 Å². The van der Waals surface area contributed by atoms with Gasteiger partial charge in [0, 0.05) is 0 Å². The van der Waals surface area contributed by atoms with Gasteiger partial charge in [0.15, 0.2) is 0 Å². The van der Waals surface area contributed by atoms with E-state index in [9.17, 15) is 0 Å². The van der Waals surface area contributed by atoms with Gasteiger partial charge in [-0.15, -0.1) is 0 Å². The van der Waals surface area contributed by atoms with Crippen molar-refractivity contribution in [1.29, 1.82) is 0 Å². The van der Waals surface area contributed by atoms with Crippen LogP contribution in [0, 0.1) is 0 Å². The molecular weight excluding hydrogens is 151 g/mol. The first kappa shape index (κ1) is 7.52. The summed E-state index contributed by atoms with van der Waals surface area (Å²) in [5.41, 5.74) is 0. The molecular formula is C6H13Se. The van der Waals surface area contributed by atoms with Gasteiger partial charge in [0.05, 0.1) is 0 Å². The minimum absolute atomic E-state index is 0.778. The normalized spacial score (nSPS) is 14.1. The third-order valence-corrected chi connectivity index (χ3v) is 1.46. The maximum absolute atomic E-state index is 3.07. The van der Waals surface area contributed by atoms with E-state index in [1.807, 2.05) is 0 Å². The fraction of sp³-hybridized carbons (Fsp3) is 1.00. The van der Waals surface area contributed by atoms with Crippen molar-refractivity contribution < 1.29 is 0 Å². The van der Waals surface area contributed by atoms with Crippen molar-refractivity contribution in [3.05, 3.63) is 0 Å². The first-order chi connectivity index (χ1) is 3.27. The van der Waals surface area contributed by atoms with Crippen molar-refractivity contribution >= 4 is 16.0 Å². The quantitative estimate of drug-likeness (QED) is 0.560. The van der Waals surface area contributed by atoms with Gasteiger partial charge in [-0.3, -0.25) is 0 Å². The van der Waals surface area contributed by atoms with E-state index >= 15 is 0 Å². The predicted molar refractivity (Wildman–Crippen MR) is 34.7 cm³/mol. The van der Waals surface area contributed by atoms with Crippen LogP contribution in [0.5, 0.6) is 0 Å². The molecule has 0 aliphatic carbocycles. The van der Waals surface area contributed by atoms with Gasteiger partial charge in [-0.05, 0) is 0 Å². The Hall–Kier alpha value is 0.519. The number of hydrogen-bond acceptors (Lipinski definition) is 0. The zero-order valence-corrected chi connectivity index (χ0v) is 6.82. The Kier molecular flexibility index (Phi) is 5.02. The van der Waals surface area contributed by atoms with E-state index in [0.717, 1.165) is 4.82 Å². The van der Waals surface area contributed by atoms with Crippen molar-refractivity contribution in [2.24, 2.45) is 0 Å². The monoisotopic (exact) mass is 165 g/mol. The summed E-state index contributed by atoms with van der Waals surface area (Å²) in [7, 11) is 0. The van der Waals surface area contributed by atoms with Gasteiger partial charge in [0.2, 0.25) is 0 Å². The van der Waals surface area contributed by atoms with Crippen molar-refractivity contribution in [1.82, 2.24) is 0 Å². The van der Waals surface area contributed by atoms with E-state index in [-0.39, 0.29) is 0 Å². The molecule has 0 fully saturated rings. The molecule has 0 amide bonds. The minimum atomic E-state index is 0.778. The van der Waals surface area contributed by atoms with Crippen LogP contribution < -0.4 is 0 Å². The van der Waals surface area contributed by atoms with Crippen molar-refractivity contribution in [2.75, 3.05) is 0 Å². The molecule has 0 saturated carbocycles. The first-order valence-electron chi connectivity index (χ1n) is 2.93. The average molecular weight is 164 g/mol. The van der Waals surface area contributed by atoms with Crippen LogP contribution in [0.1, 0.15) is 33.1 Å². The van der Waals surface area contributed by atoms with Gasteiger partial charge in [-0.2, -0.15) is 0 Å². The molecule has 0 aliphatic heterocycles. The second-order valence-electron chi connectivity index (χ2n) is 1.95. The van der Waals surface area contributed by atoms with Crippen LogP contribution in [0.3, 0.4) is 0 Å². The van der Waals surface area contributed by atoms with Crippen molar-refractivity contribution in [2.45, 2.75) is 37.9 Å². The Morgan fingerprint density at radius 2 is 2.14 bits per heavy atom. The first-order valence-corrected chi connectivity index (χ1v) is 3.92. The zero-order valence-electron chi connectivity index (χ0n) is 5.11. The van der Waals surface area contributed by atoms with E-state index in [2.05, 4.69) is 29.9 Å².